The zero-order valence-electron chi connectivity index (χ0n) is 30.7. The predicted molar refractivity (Wildman–Crippen MR) is 233 cm³/mol. The van der Waals surface area contributed by atoms with Crippen molar-refractivity contribution >= 4 is 72.4 Å². The molecular formula is C49H33N7Si. The maximum atomic E-state index is 5.36. The van der Waals surface area contributed by atoms with E-state index < -0.39 is 8.07 Å². The third-order valence-electron chi connectivity index (χ3n) is 11.1. The SMILES string of the molecule is c1ccc([Si](c2ccccc2)(c2ccccc2)c2cccc(-c3nc(-n4c5ccccc5c5ccncc54)nc(-n4c5ccccc5c5ccncc54)n3)c2)cc1. The maximum absolute atomic E-state index is 5.36. The molecule has 0 spiro atoms. The van der Waals surface area contributed by atoms with E-state index in [2.05, 4.69) is 195 Å². The minimum atomic E-state index is -2.84. The van der Waals surface area contributed by atoms with Crippen molar-refractivity contribution in [2.45, 2.75) is 0 Å². The summed E-state index contributed by atoms with van der Waals surface area (Å²) in [6.07, 6.45) is 7.46. The molecule has 11 rings (SSSR count). The Bertz CT molecular complexity index is 2920. The van der Waals surface area contributed by atoms with Crippen LogP contribution in [0.25, 0.3) is 66.9 Å². The molecule has 0 saturated heterocycles. The Balaban J connectivity index is 1.22. The van der Waals surface area contributed by atoms with Gasteiger partial charge < -0.3 is 0 Å². The first-order valence-electron chi connectivity index (χ1n) is 19.0. The van der Waals surface area contributed by atoms with Gasteiger partial charge in [0.05, 0.1) is 34.5 Å². The number of para-hydroxylation sites is 2. The van der Waals surface area contributed by atoms with Crippen molar-refractivity contribution in [3.8, 4) is 23.3 Å². The van der Waals surface area contributed by atoms with Crippen LogP contribution in [0.15, 0.2) is 201 Å². The fraction of sp³-hybridized carbons (Fsp3) is 0. The van der Waals surface area contributed by atoms with E-state index in [0.29, 0.717) is 17.7 Å². The Kier molecular flexibility index (Phi) is 7.68. The van der Waals surface area contributed by atoms with Crippen molar-refractivity contribution in [1.29, 1.82) is 0 Å². The molecule has 268 valence electrons. The molecule has 0 aliphatic rings. The van der Waals surface area contributed by atoms with Gasteiger partial charge >= 0.3 is 0 Å². The van der Waals surface area contributed by atoms with E-state index in [1.165, 1.54) is 20.7 Å². The van der Waals surface area contributed by atoms with Gasteiger partial charge in [-0.25, -0.2) is 0 Å². The number of hydrogen-bond acceptors (Lipinski definition) is 5. The van der Waals surface area contributed by atoms with Gasteiger partial charge in [0.15, 0.2) is 13.9 Å². The Hall–Kier alpha value is -7.55. The van der Waals surface area contributed by atoms with E-state index in [4.69, 9.17) is 15.0 Å². The molecule has 0 amide bonds. The van der Waals surface area contributed by atoms with E-state index in [-0.39, 0.29) is 0 Å². The summed E-state index contributed by atoms with van der Waals surface area (Å²) in [5.41, 5.74) is 4.72. The first-order valence-corrected chi connectivity index (χ1v) is 21.0. The number of aromatic nitrogens is 7. The largest absolute Gasteiger partial charge is 0.276 e. The van der Waals surface area contributed by atoms with Crippen molar-refractivity contribution in [3.05, 3.63) is 201 Å². The van der Waals surface area contributed by atoms with Crippen LogP contribution in [0.4, 0.5) is 0 Å². The number of benzene rings is 6. The monoisotopic (exact) mass is 747 g/mol. The van der Waals surface area contributed by atoms with Gasteiger partial charge in [-0.3, -0.25) is 19.1 Å². The van der Waals surface area contributed by atoms with Gasteiger partial charge in [0.2, 0.25) is 11.9 Å². The zero-order valence-corrected chi connectivity index (χ0v) is 31.7. The highest BCUT2D eigenvalue weighted by Crippen LogP contribution is 2.33. The predicted octanol–water partition coefficient (Wildman–Crippen LogP) is 7.90. The molecule has 8 heteroatoms. The molecule has 11 aromatic rings. The topological polar surface area (TPSA) is 74.3 Å². The van der Waals surface area contributed by atoms with E-state index in [1.807, 2.05) is 24.8 Å². The van der Waals surface area contributed by atoms with Gasteiger partial charge in [-0.2, -0.15) is 15.0 Å². The standard InChI is InChI=1S/C49H33N7Si/c1-4-16-35(17-5-1)57(36-18-6-2-7-19-36,37-20-8-3-9-21-37)38-22-14-15-34(31-38)47-52-48(55-43-25-12-10-23-39(43)41-27-29-50-32-45(41)55)54-49(53-47)56-44-26-13-11-24-40(44)42-28-30-51-33-46(42)56/h1-33H. The van der Waals surface area contributed by atoms with Crippen molar-refractivity contribution in [2.75, 3.05) is 0 Å². The summed E-state index contributed by atoms with van der Waals surface area (Å²) >= 11 is 0. The first kappa shape index (κ1) is 32.8. The molecule has 0 atom stereocenters. The van der Waals surface area contributed by atoms with Crippen LogP contribution < -0.4 is 20.7 Å². The summed E-state index contributed by atoms with van der Waals surface area (Å²) < 4.78 is 4.22. The highest BCUT2D eigenvalue weighted by molar-refractivity contribution is 7.19. The van der Waals surface area contributed by atoms with Crippen molar-refractivity contribution in [1.82, 2.24) is 34.1 Å². The Morgan fingerprint density at radius 3 is 1.26 bits per heavy atom. The van der Waals surface area contributed by atoms with Crippen molar-refractivity contribution in [3.63, 3.8) is 0 Å². The van der Waals surface area contributed by atoms with E-state index >= 15 is 0 Å². The molecule has 0 radical (unpaired) electrons. The first-order chi connectivity index (χ1) is 28.3. The second kappa shape index (κ2) is 13.3. The molecule has 6 aromatic carbocycles. The summed E-state index contributed by atoms with van der Waals surface area (Å²) in [7, 11) is -2.84. The van der Waals surface area contributed by atoms with Crippen LogP contribution >= 0.6 is 0 Å². The lowest BCUT2D eigenvalue weighted by molar-refractivity contribution is 0.891. The number of pyridine rings is 2. The van der Waals surface area contributed by atoms with Gasteiger partial charge in [-0.15, -0.1) is 0 Å². The summed E-state index contributed by atoms with van der Waals surface area (Å²) in [6, 6.07) is 62.6. The maximum Gasteiger partial charge on any atom is 0.240 e. The molecule has 0 N–H and O–H groups in total. The van der Waals surface area contributed by atoms with E-state index in [1.54, 1.807) is 0 Å². The Labute approximate surface area is 329 Å². The fourth-order valence-electron chi connectivity index (χ4n) is 8.71. The van der Waals surface area contributed by atoms with Crippen LogP contribution in [0.5, 0.6) is 0 Å². The van der Waals surface area contributed by atoms with Crippen molar-refractivity contribution in [2.24, 2.45) is 0 Å². The van der Waals surface area contributed by atoms with Gasteiger partial charge in [0.1, 0.15) is 0 Å². The molecule has 0 aliphatic heterocycles. The van der Waals surface area contributed by atoms with Crippen LogP contribution in [0.3, 0.4) is 0 Å². The molecule has 0 saturated carbocycles. The molecule has 0 aliphatic carbocycles. The zero-order chi connectivity index (χ0) is 37.8. The van der Waals surface area contributed by atoms with Crippen molar-refractivity contribution < 1.29 is 0 Å². The van der Waals surface area contributed by atoms with Crippen LogP contribution in [0.2, 0.25) is 0 Å². The molecule has 0 bridgehead atoms. The minimum absolute atomic E-state index is 0.507. The average Bonchev–Trinajstić information content (AvgIpc) is 3.81. The lowest BCUT2D eigenvalue weighted by Crippen LogP contribution is -2.74. The van der Waals surface area contributed by atoms with Crippen LogP contribution in [0, 0.1) is 0 Å². The lowest BCUT2D eigenvalue weighted by atomic mass is 10.2. The van der Waals surface area contributed by atoms with Gasteiger partial charge in [-0.05, 0) is 45.0 Å². The fourth-order valence-corrected chi connectivity index (χ4v) is 13.5. The Morgan fingerprint density at radius 1 is 0.351 bits per heavy atom. The normalized spacial score (nSPS) is 11.9. The van der Waals surface area contributed by atoms with Gasteiger partial charge in [0.25, 0.3) is 0 Å². The number of nitrogens with zero attached hydrogens (tertiary/aromatic N) is 7. The summed E-state index contributed by atoms with van der Waals surface area (Å²) in [5.74, 6) is 1.58. The number of fused-ring (bicyclic) bond motifs is 6. The highest BCUT2D eigenvalue weighted by atomic mass is 28.3. The molecule has 0 unspecified atom stereocenters. The molecule has 7 nitrogen and oxygen atoms in total. The molecule has 0 fully saturated rings. The smallest absolute Gasteiger partial charge is 0.240 e. The molecule has 5 heterocycles. The van der Waals surface area contributed by atoms with Crippen LogP contribution in [0.1, 0.15) is 0 Å². The quantitative estimate of drug-likeness (QED) is 0.123. The summed E-state index contributed by atoms with van der Waals surface area (Å²) in [4.78, 5) is 25.1. The molecule has 57 heavy (non-hydrogen) atoms. The number of rotatable bonds is 7. The van der Waals surface area contributed by atoms with E-state index in [0.717, 1.165) is 49.2 Å². The summed E-state index contributed by atoms with van der Waals surface area (Å²) in [6.45, 7) is 0. The number of hydrogen-bond donors (Lipinski definition) is 0. The third kappa shape index (κ3) is 5.15. The average molecular weight is 748 g/mol. The second-order valence-electron chi connectivity index (χ2n) is 14.2. The summed E-state index contributed by atoms with van der Waals surface area (Å²) in [5, 5.41) is 9.49. The van der Waals surface area contributed by atoms with Crippen LogP contribution in [-0.2, 0) is 0 Å². The van der Waals surface area contributed by atoms with Gasteiger partial charge in [-0.1, -0.05) is 152 Å². The second-order valence-corrected chi connectivity index (χ2v) is 18.0. The van der Waals surface area contributed by atoms with Crippen LogP contribution in [-0.4, -0.2) is 42.1 Å². The van der Waals surface area contributed by atoms with E-state index in [9.17, 15) is 0 Å². The molecule has 5 aromatic heterocycles. The minimum Gasteiger partial charge on any atom is -0.276 e. The van der Waals surface area contributed by atoms with Gasteiger partial charge in [0, 0.05) is 39.5 Å². The Morgan fingerprint density at radius 2 is 0.772 bits per heavy atom. The highest BCUT2D eigenvalue weighted by Gasteiger charge is 2.41. The lowest BCUT2D eigenvalue weighted by Gasteiger charge is -2.34. The molecular weight excluding hydrogens is 715 g/mol. The third-order valence-corrected chi connectivity index (χ3v) is 15.9.